The van der Waals surface area contributed by atoms with Crippen LogP contribution in [-0.4, -0.2) is 26.5 Å². The summed E-state index contributed by atoms with van der Waals surface area (Å²) in [5, 5.41) is 9.66. The van der Waals surface area contributed by atoms with E-state index in [1.165, 1.54) is 21.9 Å². The van der Waals surface area contributed by atoms with Crippen LogP contribution in [0, 0.1) is 0 Å². The summed E-state index contributed by atoms with van der Waals surface area (Å²) in [6.45, 7) is 1.79. The highest BCUT2D eigenvalue weighted by Crippen LogP contribution is 2.21. The maximum absolute atomic E-state index is 12.9. The third kappa shape index (κ3) is 4.67. The zero-order valence-corrected chi connectivity index (χ0v) is 19.5. The Hall–Kier alpha value is -4.37. The molecule has 3 aromatic carbocycles. The van der Waals surface area contributed by atoms with Gasteiger partial charge in [0.05, 0.1) is 11.3 Å². The number of hydrogen-bond acceptors (Lipinski definition) is 7. The van der Waals surface area contributed by atoms with Gasteiger partial charge in [-0.3, -0.25) is 9.59 Å². The van der Waals surface area contributed by atoms with E-state index in [1.807, 2.05) is 43.3 Å². The van der Waals surface area contributed by atoms with Crippen molar-refractivity contribution in [2.24, 2.45) is 0 Å². The van der Waals surface area contributed by atoms with Gasteiger partial charge in [-0.05, 0) is 41.5 Å². The lowest BCUT2D eigenvalue weighted by molar-refractivity contribution is 0.0467. The van der Waals surface area contributed by atoms with Crippen LogP contribution in [0.25, 0.3) is 15.7 Å². The van der Waals surface area contributed by atoms with Gasteiger partial charge in [-0.2, -0.15) is 9.61 Å². The summed E-state index contributed by atoms with van der Waals surface area (Å²) < 4.78 is 6.62. The normalized spacial score (nSPS) is 11.0. The SMILES string of the molecule is CCc1nn2c(=O)cc(COC(=O)c3cccc(NC(=O)c4cccc5ccccc45)c3)nc2s1. The highest BCUT2D eigenvalue weighted by molar-refractivity contribution is 7.16. The molecule has 0 atom stereocenters. The molecule has 9 heteroatoms. The fourth-order valence-electron chi connectivity index (χ4n) is 3.68. The van der Waals surface area contributed by atoms with Crippen molar-refractivity contribution in [2.45, 2.75) is 20.0 Å². The Kier molecular flexibility index (Phi) is 6.07. The number of rotatable bonds is 6. The van der Waals surface area contributed by atoms with E-state index in [0.717, 1.165) is 15.8 Å². The summed E-state index contributed by atoms with van der Waals surface area (Å²) in [6.07, 6.45) is 0.700. The van der Waals surface area contributed by atoms with Crippen molar-refractivity contribution in [1.82, 2.24) is 14.6 Å². The number of hydrogen-bond donors (Lipinski definition) is 1. The standard InChI is InChI=1S/C26H20N4O4S/c1-2-22-29-30-23(31)14-19(28-26(30)35-22)15-34-25(33)17-9-5-10-18(13-17)27-24(32)21-12-6-8-16-7-3-4-11-20(16)21/h3-14H,2,15H2,1H3,(H,27,32). The monoisotopic (exact) mass is 484 g/mol. The molecule has 0 bridgehead atoms. The molecule has 0 fully saturated rings. The number of nitrogens with zero attached hydrogens (tertiary/aromatic N) is 3. The molecule has 0 unspecified atom stereocenters. The smallest absolute Gasteiger partial charge is 0.338 e. The van der Waals surface area contributed by atoms with Crippen molar-refractivity contribution in [3.8, 4) is 0 Å². The molecule has 0 saturated carbocycles. The topological polar surface area (TPSA) is 103 Å². The van der Waals surface area contributed by atoms with Crippen LogP contribution in [0.1, 0.15) is 38.3 Å². The maximum atomic E-state index is 12.9. The lowest BCUT2D eigenvalue weighted by atomic mass is 10.0. The average molecular weight is 485 g/mol. The average Bonchev–Trinajstić information content (AvgIpc) is 3.31. The van der Waals surface area contributed by atoms with Gasteiger partial charge in [-0.15, -0.1) is 0 Å². The quantitative estimate of drug-likeness (QED) is 0.357. The number of carbonyl (C=O) groups is 2. The molecule has 8 nitrogen and oxygen atoms in total. The van der Waals surface area contributed by atoms with Crippen molar-refractivity contribution in [1.29, 1.82) is 0 Å². The van der Waals surface area contributed by atoms with Crippen molar-refractivity contribution in [3.05, 3.63) is 105 Å². The Bertz CT molecular complexity index is 1630. The van der Waals surface area contributed by atoms with Gasteiger partial charge >= 0.3 is 5.97 Å². The van der Waals surface area contributed by atoms with Crippen molar-refractivity contribution < 1.29 is 14.3 Å². The van der Waals surface area contributed by atoms with Crippen molar-refractivity contribution >= 4 is 44.6 Å². The summed E-state index contributed by atoms with van der Waals surface area (Å²) >= 11 is 1.32. The Labute approximate surface area is 203 Å². The number of carbonyl (C=O) groups excluding carboxylic acids is 2. The third-order valence-electron chi connectivity index (χ3n) is 5.38. The van der Waals surface area contributed by atoms with E-state index >= 15 is 0 Å². The predicted molar refractivity (Wildman–Crippen MR) is 134 cm³/mol. The van der Waals surface area contributed by atoms with Gasteiger partial charge in [0.1, 0.15) is 11.6 Å². The number of esters is 1. The summed E-state index contributed by atoms with van der Waals surface area (Å²) in [4.78, 5) is 42.7. The lowest BCUT2D eigenvalue weighted by Crippen LogP contribution is -2.17. The zero-order valence-electron chi connectivity index (χ0n) is 18.7. The van der Waals surface area contributed by atoms with Gasteiger partial charge in [0, 0.05) is 17.3 Å². The van der Waals surface area contributed by atoms with Crippen LogP contribution in [0.2, 0.25) is 0 Å². The van der Waals surface area contributed by atoms with Gasteiger partial charge in [0.2, 0.25) is 4.96 Å². The molecule has 0 spiro atoms. The first kappa shape index (κ1) is 22.4. The van der Waals surface area contributed by atoms with E-state index in [2.05, 4.69) is 15.4 Å². The van der Waals surface area contributed by atoms with E-state index < -0.39 is 5.97 Å². The molecule has 0 radical (unpaired) electrons. The van der Waals surface area contributed by atoms with Crippen molar-refractivity contribution in [3.63, 3.8) is 0 Å². The number of benzene rings is 3. The fourth-order valence-corrected chi connectivity index (χ4v) is 4.54. The van der Waals surface area contributed by atoms with E-state index in [0.29, 0.717) is 28.3 Å². The summed E-state index contributed by atoms with van der Waals surface area (Å²) in [5.74, 6) is -0.867. The second-order valence-electron chi connectivity index (χ2n) is 7.77. The highest BCUT2D eigenvalue weighted by atomic mass is 32.1. The van der Waals surface area contributed by atoms with Crippen LogP contribution in [0.3, 0.4) is 0 Å². The predicted octanol–water partition coefficient (Wildman–Crippen LogP) is 4.48. The lowest BCUT2D eigenvalue weighted by Gasteiger charge is -2.10. The Morgan fingerprint density at radius 2 is 1.83 bits per heavy atom. The van der Waals surface area contributed by atoms with Gasteiger partial charge in [0.25, 0.3) is 11.5 Å². The Morgan fingerprint density at radius 1 is 1.03 bits per heavy atom. The molecule has 35 heavy (non-hydrogen) atoms. The molecule has 1 N–H and O–H groups in total. The van der Waals surface area contributed by atoms with E-state index in [1.54, 1.807) is 30.3 Å². The number of fused-ring (bicyclic) bond motifs is 2. The third-order valence-corrected chi connectivity index (χ3v) is 6.44. The van der Waals surface area contributed by atoms with Crippen LogP contribution in [-0.2, 0) is 17.8 Å². The van der Waals surface area contributed by atoms with E-state index in [4.69, 9.17) is 4.74 Å². The minimum atomic E-state index is -0.591. The molecular formula is C26H20N4O4S. The molecule has 0 aliphatic rings. The molecule has 0 aliphatic carbocycles. The highest BCUT2D eigenvalue weighted by Gasteiger charge is 2.14. The number of anilines is 1. The first-order valence-electron chi connectivity index (χ1n) is 11.0. The largest absolute Gasteiger partial charge is 0.456 e. The molecule has 0 saturated heterocycles. The first-order valence-corrected chi connectivity index (χ1v) is 11.8. The number of nitrogens with one attached hydrogen (secondary N) is 1. The molecule has 2 heterocycles. The second-order valence-corrected chi connectivity index (χ2v) is 8.81. The Morgan fingerprint density at radius 3 is 2.69 bits per heavy atom. The van der Waals surface area contributed by atoms with Crippen LogP contribution >= 0.6 is 11.3 Å². The number of amides is 1. The molecule has 5 rings (SSSR count). The van der Waals surface area contributed by atoms with Crippen molar-refractivity contribution in [2.75, 3.05) is 5.32 Å². The Balaban J connectivity index is 1.29. The van der Waals surface area contributed by atoms with Crippen LogP contribution in [0.5, 0.6) is 0 Å². The molecular weight excluding hydrogens is 464 g/mol. The number of aryl methyl sites for hydroxylation is 1. The van der Waals surface area contributed by atoms with E-state index in [9.17, 15) is 14.4 Å². The minimum absolute atomic E-state index is 0.156. The van der Waals surface area contributed by atoms with Gasteiger partial charge < -0.3 is 10.1 Å². The minimum Gasteiger partial charge on any atom is -0.456 e. The first-order chi connectivity index (χ1) is 17.0. The van der Waals surface area contributed by atoms with Crippen LogP contribution in [0.4, 0.5) is 5.69 Å². The van der Waals surface area contributed by atoms with Crippen LogP contribution < -0.4 is 10.9 Å². The van der Waals surface area contributed by atoms with Crippen LogP contribution in [0.15, 0.2) is 77.6 Å². The van der Waals surface area contributed by atoms with Gasteiger partial charge in [-0.1, -0.05) is 60.7 Å². The molecule has 2 aromatic heterocycles. The molecule has 1 amide bonds. The van der Waals surface area contributed by atoms with Gasteiger partial charge in [-0.25, -0.2) is 9.78 Å². The summed E-state index contributed by atoms with van der Waals surface area (Å²) in [7, 11) is 0. The number of ether oxygens (including phenoxy) is 1. The number of aromatic nitrogens is 3. The molecule has 5 aromatic rings. The second kappa shape index (κ2) is 9.47. The maximum Gasteiger partial charge on any atom is 0.338 e. The van der Waals surface area contributed by atoms with Gasteiger partial charge in [0.15, 0.2) is 0 Å². The fraction of sp³-hybridized carbons (Fsp3) is 0.115. The summed E-state index contributed by atoms with van der Waals surface area (Å²) in [5.41, 5.74) is 1.29. The summed E-state index contributed by atoms with van der Waals surface area (Å²) in [6, 6.07) is 21.0. The van der Waals surface area contributed by atoms with E-state index in [-0.39, 0.29) is 23.6 Å². The zero-order chi connectivity index (χ0) is 24.4. The molecule has 0 aliphatic heterocycles. The molecule has 174 valence electrons.